The summed E-state index contributed by atoms with van der Waals surface area (Å²) in [4.78, 5) is 0. The molecule has 54 heavy (non-hydrogen) atoms. The molecule has 10 rings (SSSR count). The van der Waals surface area contributed by atoms with Crippen LogP contribution in [0.5, 0.6) is 0 Å². The molecule has 0 radical (unpaired) electrons. The van der Waals surface area contributed by atoms with Gasteiger partial charge in [0.2, 0.25) is 0 Å². The van der Waals surface area contributed by atoms with E-state index in [-0.39, 0.29) is 5.41 Å². The first-order valence-electron chi connectivity index (χ1n) is 18.8. The molecule has 0 fully saturated rings. The minimum absolute atomic E-state index is 0.350. The summed E-state index contributed by atoms with van der Waals surface area (Å²) in [5.41, 5.74) is 28.5. The molecule has 262 valence electrons. The van der Waals surface area contributed by atoms with E-state index in [2.05, 4.69) is 195 Å². The van der Waals surface area contributed by atoms with Crippen LogP contribution >= 0.6 is 0 Å². The predicted octanol–water partition coefficient (Wildman–Crippen LogP) is 11.9. The van der Waals surface area contributed by atoms with Crippen LogP contribution < -0.4 is 11.5 Å². The Bertz CT molecular complexity index is 2990. The van der Waals surface area contributed by atoms with Crippen molar-refractivity contribution < 1.29 is 0 Å². The average molecular weight is 699 g/mol. The van der Waals surface area contributed by atoms with Crippen LogP contribution in [0.4, 0.5) is 0 Å². The maximum Gasteiger partial charge on any atom is 0.0547 e. The van der Waals surface area contributed by atoms with Crippen LogP contribution in [0.1, 0.15) is 38.8 Å². The number of hydrogen-bond acceptors (Lipinski definition) is 2. The van der Waals surface area contributed by atoms with E-state index in [9.17, 15) is 0 Å². The number of para-hydroxylation sites is 3. The summed E-state index contributed by atoms with van der Waals surface area (Å²) in [6, 6.07) is 57.5. The van der Waals surface area contributed by atoms with Crippen LogP contribution in [0.3, 0.4) is 0 Å². The second-order valence-corrected chi connectivity index (χ2v) is 15.8. The standard InChI is InChI=1S/C50H42N4/c1-49(2)40-20-12-19-36(46(40)50(3,4)48(52)47(49)51)31-24-27-34(28-25-31)53-41-21-10-8-16-37(41)39-30-32(26-29-43(39)53)35-18-13-23-44-45(35)38-17-9-11-22-42(38)54(44)33-14-6-5-7-15-33/h5-30H,51-52H2,1-4H3. The zero-order valence-corrected chi connectivity index (χ0v) is 31.1. The normalized spacial score (nSPS) is 15.0. The van der Waals surface area contributed by atoms with E-state index in [0.29, 0.717) is 0 Å². The number of rotatable bonds is 4. The highest BCUT2D eigenvalue weighted by molar-refractivity contribution is 6.17. The Morgan fingerprint density at radius 2 is 0.944 bits per heavy atom. The Kier molecular flexibility index (Phi) is 6.84. The summed E-state index contributed by atoms with van der Waals surface area (Å²) in [5, 5.41) is 4.99. The summed E-state index contributed by atoms with van der Waals surface area (Å²) in [6.07, 6.45) is 0. The molecular weight excluding hydrogens is 657 g/mol. The molecule has 9 aromatic rings. The fourth-order valence-electron chi connectivity index (χ4n) is 9.26. The molecule has 0 saturated carbocycles. The van der Waals surface area contributed by atoms with E-state index in [1.165, 1.54) is 77.0 Å². The molecule has 4 N–H and O–H groups in total. The second-order valence-electron chi connectivity index (χ2n) is 15.8. The molecular formula is C50H42N4. The van der Waals surface area contributed by atoms with Crippen molar-refractivity contribution in [3.05, 3.63) is 180 Å². The summed E-state index contributed by atoms with van der Waals surface area (Å²) >= 11 is 0. The lowest BCUT2D eigenvalue weighted by Crippen LogP contribution is -2.43. The molecule has 0 amide bonds. The van der Waals surface area contributed by atoms with E-state index >= 15 is 0 Å². The van der Waals surface area contributed by atoms with E-state index in [4.69, 9.17) is 11.5 Å². The molecule has 0 atom stereocenters. The minimum atomic E-state index is -0.393. The highest BCUT2D eigenvalue weighted by Crippen LogP contribution is 2.50. The van der Waals surface area contributed by atoms with Crippen molar-refractivity contribution in [3.63, 3.8) is 0 Å². The summed E-state index contributed by atoms with van der Waals surface area (Å²) in [7, 11) is 0. The van der Waals surface area contributed by atoms with E-state index in [1.54, 1.807) is 0 Å². The quantitative estimate of drug-likeness (QED) is 0.192. The zero-order chi connectivity index (χ0) is 36.9. The molecule has 2 heterocycles. The largest absolute Gasteiger partial charge is 0.400 e. The van der Waals surface area contributed by atoms with Crippen LogP contribution in [0.25, 0.3) is 77.2 Å². The van der Waals surface area contributed by atoms with Gasteiger partial charge in [-0.05, 0) is 88.0 Å². The van der Waals surface area contributed by atoms with Crippen LogP contribution in [0, 0.1) is 0 Å². The zero-order valence-electron chi connectivity index (χ0n) is 31.1. The van der Waals surface area contributed by atoms with Gasteiger partial charge in [0.25, 0.3) is 0 Å². The van der Waals surface area contributed by atoms with Crippen molar-refractivity contribution in [1.29, 1.82) is 0 Å². The topological polar surface area (TPSA) is 61.9 Å². The average Bonchev–Trinajstić information content (AvgIpc) is 3.72. The molecule has 0 aliphatic heterocycles. The Labute approximate surface area is 315 Å². The summed E-state index contributed by atoms with van der Waals surface area (Å²) < 4.78 is 4.78. The Hall–Kier alpha value is -6.52. The van der Waals surface area contributed by atoms with Gasteiger partial charge in [0, 0.05) is 55.1 Å². The number of nitrogens with zero attached hydrogens (tertiary/aromatic N) is 2. The van der Waals surface area contributed by atoms with Gasteiger partial charge < -0.3 is 20.6 Å². The van der Waals surface area contributed by atoms with Crippen molar-refractivity contribution in [2.75, 3.05) is 0 Å². The third-order valence-corrected chi connectivity index (χ3v) is 12.1. The van der Waals surface area contributed by atoms with Gasteiger partial charge in [0.05, 0.1) is 22.1 Å². The molecule has 1 aliphatic rings. The van der Waals surface area contributed by atoms with E-state index in [1.807, 2.05) is 0 Å². The van der Waals surface area contributed by atoms with Crippen LogP contribution in [-0.2, 0) is 10.8 Å². The smallest absolute Gasteiger partial charge is 0.0547 e. The molecule has 7 aromatic carbocycles. The van der Waals surface area contributed by atoms with Crippen LogP contribution in [0.15, 0.2) is 169 Å². The number of allylic oxidation sites excluding steroid dienone is 2. The highest BCUT2D eigenvalue weighted by atomic mass is 15.0. The Morgan fingerprint density at radius 3 is 1.70 bits per heavy atom. The second kappa shape index (κ2) is 11.5. The lowest BCUT2D eigenvalue weighted by Gasteiger charge is -2.43. The highest BCUT2D eigenvalue weighted by Gasteiger charge is 2.43. The van der Waals surface area contributed by atoms with Gasteiger partial charge in [0.15, 0.2) is 0 Å². The SMILES string of the molecule is CC1(C)C(N)=C(N)C(C)(C)c2c(-c3ccc(-n4c5ccccc5c5cc(-c6cccc7c6c6ccccc6n7-c6ccccc6)ccc54)cc3)cccc21. The van der Waals surface area contributed by atoms with Gasteiger partial charge in [0.1, 0.15) is 0 Å². The van der Waals surface area contributed by atoms with Gasteiger partial charge >= 0.3 is 0 Å². The first-order valence-corrected chi connectivity index (χ1v) is 18.8. The van der Waals surface area contributed by atoms with Crippen LogP contribution in [0.2, 0.25) is 0 Å². The molecule has 0 bridgehead atoms. The van der Waals surface area contributed by atoms with Gasteiger partial charge in [-0.25, -0.2) is 0 Å². The van der Waals surface area contributed by atoms with Crippen LogP contribution in [-0.4, -0.2) is 9.13 Å². The molecule has 0 saturated heterocycles. The number of fused-ring (bicyclic) bond motifs is 7. The van der Waals surface area contributed by atoms with Gasteiger partial charge in [-0.1, -0.05) is 131 Å². The molecule has 4 heteroatoms. The first-order chi connectivity index (χ1) is 26.2. The Balaban J connectivity index is 1.12. The molecule has 2 aromatic heterocycles. The lowest BCUT2D eigenvalue weighted by atomic mass is 9.62. The van der Waals surface area contributed by atoms with Crippen molar-refractivity contribution in [1.82, 2.24) is 9.13 Å². The number of aromatic nitrogens is 2. The predicted molar refractivity (Wildman–Crippen MR) is 227 cm³/mol. The summed E-state index contributed by atoms with van der Waals surface area (Å²) in [5.74, 6) is 0. The van der Waals surface area contributed by atoms with Crippen molar-refractivity contribution in [2.24, 2.45) is 11.5 Å². The third kappa shape index (κ3) is 4.43. The van der Waals surface area contributed by atoms with E-state index in [0.717, 1.165) is 22.8 Å². The number of hydrogen-bond donors (Lipinski definition) is 2. The molecule has 0 spiro atoms. The monoisotopic (exact) mass is 698 g/mol. The molecule has 1 aliphatic carbocycles. The van der Waals surface area contributed by atoms with Crippen molar-refractivity contribution >= 4 is 43.6 Å². The Morgan fingerprint density at radius 1 is 0.407 bits per heavy atom. The first kappa shape index (κ1) is 32.2. The van der Waals surface area contributed by atoms with E-state index < -0.39 is 5.41 Å². The maximum atomic E-state index is 6.76. The minimum Gasteiger partial charge on any atom is -0.400 e. The fourth-order valence-corrected chi connectivity index (χ4v) is 9.26. The molecule has 0 unspecified atom stereocenters. The van der Waals surface area contributed by atoms with Crippen molar-refractivity contribution in [3.8, 4) is 33.6 Å². The maximum absolute atomic E-state index is 6.76. The fraction of sp³-hybridized carbons (Fsp3) is 0.120. The van der Waals surface area contributed by atoms with Gasteiger partial charge in [-0.2, -0.15) is 0 Å². The van der Waals surface area contributed by atoms with Gasteiger partial charge in [-0.3, -0.25) is 0 Å². The lowest BCUT2D eigenvalue weighted by molar-refractivity contribution is 0.495. The number of benzene rings is 7. The summed E-state index contributed by atoms with van der Waals surface area (Å²) in [6.45, 7) is 8.73. The van der Waals surface area contributed by atoms with Gasteiger partial charge in [-0.15, -0.1) is 0 Å². The number of nitrogens with two attached hydrogens (primary N) is 2. The molecule has 4 nitrogen and oxygen atoms in total. The van der Waals surface area contributed by atoms with Crippen molar-refractivity contribution in [2.45, 2.75) is 38.5 Å². The third-order valence-electron chi connectivity index (χ3n) is 12.1.